The summed E-state index contributed by atoms with van der Waals surface area (Å²) in [5.74, 6) is 0.0179. The Bertz CT molecular complexity index is 870. The molecular formula is C20H21N3O2S. The number of rotatable bonds is 7. The second kappa shape index (κ2) is 7.05. The van der Waals surface area contributed by atoms with E-state index >= 15 is 0 Å². The summed E-state index contributed by atoms with van der Waals surface area (Å²) in [7, 11) is 0. The van der Waals surface area contributed by atoms with Crippen LogP contribution in [0.2, 0.25) is 0 Å². The third-order valence-electron chi connectivity index (χ3n) is 4.91. The number of hydrogen-bond acceptors (Lipinski definition) is 4. The van der Waals surface area contributed by atoms with Crippen molar-refractivity contribution in [3.63, 3.8) is 0 Å². The van der Waals surface area contributed by atoms with Crippen molar-refractivity contribution in [2.45, 2.75) is 19.4 Å². The number of amides is 1. The molecule has 26 heavy (non-hydrogen) atoms. The molecule has 1 fully saturated rings. The van der Waals surface area contributed by atoms with Gasteiger partial charge in [0.1, 0.15) is 0 Å². The number of carbonyl (C=O) groups excluding carboxylic acids is 1. The monoisotopic (exact) mass is 367 g/mol. The van der Waals surface area contributed by atoms with Crippen LogP contribution in [-0.4, -0.2) is 39.3 Å². The third kappa shape index (κ3) is 3.57. The van der Waals surface area contributed by atoms with Gasteiger partial charge in [0.15, 0.2) is 0 Å². The van der Waals surface area contributed by atoms with E-state index in [0.717, 1.165) is 29.0 Å². The van der Waals surface area contributed by atoms with Crippen molar-refractivity contribution in [3.05, 3.63) is 65.2 Å². The normalized spacial score (nSPS) is 15.0. The summed E-state index contributed by atoms with van der Waals surface area (Å²) in [5.41, 5.74) is 1.89. The SMILES string of the molecule is O=C(c1ccc(-c2ccn[nH]2)s1)N(Cc1ccccc1)CC1(CO)CC1. The van der Waals surface area contributed by atoms with Crippen molar-refractivity contribution in [2.24, 2.45) is 5.41 Å². The Balaban J connectivity index is 1.57. The standard InChI is InChI=1S/C20H21N3O2S/c24-14-20(9-10-20)13-23(12-15-4-2-1-3-5-15)19(25)18-7-6-17(26-18)16-8-11-21-22-16/h1-8,11,24H,9-10,12-14H2,(H,21,22). The van der Waals surface area contributed by atoms with Gasteiger partial charge >= 0.3 is 0 Å². The zero-order chi connectivity index (χ0) is 18.0. The zero-order valence-corrected chi connectivity index (χ0v) is 15.2. The molecule has 1 amide bonds. The van der Waals surface area contributed by atoms with E-state index in [1.54, 1.807) is 6.20 Å². The maximum atomic E-state index is 13.2. The maximum absolute atomic E-state index is 13.2. The predicted octanol–water partition coefficient (Wildman–Crippen LogP) is 3.55. The molecule has 3 aromatic rings. The zero-order valence-electron chi connectivity index (χ0n) is 14.4. The van der Waals surface area contributed by atoms with Crippen LogP contribution in [0.25, 0.3) is 10.6 Å². The number of nitrogens with zero attached hydrogens (tertiary/aromatic N) is 2. The summed E-state index contributed by atoms with van der Waals surface area (Å²) in [6.07, 6.45) is 3.66. The first-order valence-corrected chi connectivity index (χ1v) is 9.54. The van der Waals surface area contributed by atoms with Crippen molar-refractivity contribution in [1.82, 2.24) is 15.1 Å². The molecule has 0 bridgehead atoms. The average molecular weight is 367 g/mol. The van der Waals surface area contributed by atoms with Gasteiger partial charge in [-0.25, -0.2) is 0 Å². The Kier molecular flexibility index (Phi) is 4.61. The lowest BCUT2D eigenvalue weighted by Gasteiger charge is -2.26. The van der Waals surface area contributed by atoms with Crippen LogP contribution >= 0.6 is 11.3 Å². The smallest absolute Gasteiger partial charge is 0.264 e. The Morgan fingerprint density at radius 3 is 2.65 bits per heavy atom. The van der Waals surface area contributed by atoms with E-state index in [4.69, 9.17) is 0 Å². The molecule has 0 spiro atoms. The lowest BCUT2D eigenvalue weighted by atomic mass is 10.1. The Morgan fingerprint density at radius 1 is 1.19 bits per heavy atom. The number of carbonyl (C=O) groups is 1. The number of thiophene rings is 1. The molecule has 1 aliphatic rings. The van der Waals surface area contributed by atoms with Crippen LogP contribution in [0.15, 0.2) is 54.7 Å². The highest BCUT2D eigenvalue weighted by Crippen LogP contribution is 2.46. The molecule has 0 atom stereocenters. The summed E-state index contributed by atoms with van der Waals surface area (Å²) in [6, 6.07) is 15.7. The number of aromatic amines is 1. The van der Waals surface area contributed by atoms with E-state index in [9.17, 15) is 9.90 Å². The maximum Gasteiger partial charge on any atom is 0.264 e. The molecule has 6 heteroatoms. The van der Waals surface area contributed by atoms with Crippen molar-refractivity contribution in [3.8, 4) is 10.6 Å². The second-order valence-electron chi connectivity index (χ2n) is 6.94. The molecule has 1 aliphatic carbocycles. The molecule has 1 aromatic carbocycles. The van der Waals surface area contributed by atoms with Crippen LogP contribution in [0, 0.1) is 5.41 Å². The molecule has 5 nitrogen and oxygen atoms in total. The van der Waals surface area contributed by atoms with Gasteiger partial charge in [0.2, 0.25) is 0 Å². The minimum Gasteiger partial charge on any atom is -0.396 e. The average Bonchev–Trinajstić information content (AvgIpc) is 3.07. The first kappa shape index (κ1) is 17.0. The Labute approximate surface area is 156 Å². The fourth-order valence-corrected chi connectivity index (χ4v) is 4.05. The number of nitrogens with one attached hydrogen (secondary N) is 1. The number of benzene rings is 1. The fourth-order valence-electron chi connectivity index (χ4n) is 3.10. The molecule has 2 aromatic heterocycles. The predicted molar refractivity (Wildman–Crippen MR) is 102 cm³/mol. The molecule has 0 aliphatic heterocycles. The van der Waals surface area contributed by atoms with E-state index < -0.39 is 0 Å². The van der Waals surface area contributed by atoms with Crippen LogP contribution in [-0.2, 0) is 6.54 Å². The minimum absolute atomic E-state index is 0.0179. The van der Waals surface area contributed by atoms with Gasteiger partial charge in [-0.2, -0.15) is 5.10 Å². The largest absolute Gasteiger partial charge is 0.396 e. The van der Waals surface area contributed by atoms with E-state index in [0.29, 0.717) is 18.0 Å². The van der Waals surface area contributed by atoms with Crippen molar-refractivity contribution in [2.75, 3.05) is 13.2 Å². The minimum atomic E-state index is -0.117. The molecule has 1 saturated carbocycles. The van der Waals surface area contributed by atoms with Gasteiger partial charge in [0.25, 0.3) is 5.91 Å². The van der Waals surface area contributed by atoms with Crippen LogP contribution in [0.1, 0.15) is 28.1 Å². The molecular weight excluding hydrogens is 346 g/mol. The lowest BCUT2D eigenvalue weighted by Crippen LogP contribution is -2.36. The van der Waals surface area contributed by atoms with Crippen LogP contribution < -0.4 is 0 Å². The van der Waals surface area contributed by atoms with Gasteiger partial charge in [-0.15, -0.1) is 11.3 Å². The third-order valence-corrected chi connectivity index (χ3v) is 6.01. The van der Waals surface area contributed by atoms with Gasteiger partial charge in [0, 0.05) is 24.7 Å². The van der Waals surface area contributed by atoms with E-state index in [1.165, 1.54) is 11.3 Å². The second-order valence-corrected chi connectivity index (χ2v) is 8.02. The van der Waals surface area contributed by atoms with Gasteiger partial charge < -0.3 is 10.0 Å². The van der Waals surface area contributed by atoms with E-state index in [2.05, 4.69) is 10.2 Å². The summed E-state index contributed by atoms with van der Waals surface area (Å²) in [4.78, 5) is 16.8. The first-order valence-electron chi connectivity index (χ1n) is 8.73. The molecule has 134 valence electrons. The van der Waals surface area contributed by atoms with Crippen molar-refractivity contribution >= 4 is 17.2 Å². The Hall–Kier alpha value is -2.44. The molecule has 0 unspecified atom stereocenters. The van der Waals surface area contributed by atoms with E-state index in [1.807, 2.05) is 53.4 Å². The number of hydrogen-bond donors (Lipinski definition) is 2. The molecule has 2 N–H and O–H groups in total. The topological polar surface area (TPSA) is 69.2 Å². The number of aliphatic hydroxyl groups is 1. The van der Waals surface area contributed by atoms with Crippen LogP contribution in [0.5, 0.6) is 0 Å². The summed E-state index contributed by atoms with van der Waals surface area (Å²) in [6.45, 7) is 1.28. The van der Waals surface area contributed by atoms with Gasteiger partial charge in [-0.1, -0.05) is 30.3 Å². The highest BCUT2D eigenvalue weighted by Gasteiger charge is 2.44. The van der Waals surface area contributed by atoms with Crippen molar-refractivity contribution < 1.29 is 9.90 Å². The van der Waals surface area contributed by atoms with Gasteiger partial charge in [0.05, 0.1) is 22.1 Å². The number of aliphatic hydroxyl groups excluding tert-OH is 1. The number of H-pyrrole nitrogens is 1. The molecule has 4 rings (SSSR count). The molecule has 2 heterocycles. The fraction of sp³-hybridized carbons (Fsp3) is 0.300. The van der Waals surface area contributed by atoms with E-state index in [-0.39, 0.29) is 17.9 Å². The highest BCUT2D eigenvalue weighted by molar-refractivity contribution is 7.17. The van der Waals surface area contributed by atoms with Crippen molar-refractivity contribution in [1.29, 1.82) is 0 Å². The summed E-state index contributed by atoms with van der Waals surface area (Å²) in [5, 5.41) is 16.6. The Morgan fingerprint density at radius 2 is 2.00 bits per heavy atom. The lowest BCUT2D eigenvalue weighted by molar-refractivity contribution is 0.0670. The number of aromatic nitrogens is 2. The summed E-state index contributed by atoms with van der Waals surface area (Å²) < 4.78 is 0. The molecule has 0 radical (unpaired) electrons. The van der Waals surface area contributed by atoms with Crippen LogP contribution in [0.4, 0.5) is 0 Å². The highest BCUT2D eigenvalue weighted by atomic mass is 32.1. The van der Waals surface area contributed by atoms with Gasteiger partial charge in [-0.3, -0.25) is 9.89 Å². The van der Waals surface area contributed by atoms with Crippen LogP contribution in [0.3, 0.4) is 0 Å². The first-order chi connectivity index (χ1) is 12.7. The molecule has 0 saturated heterocycles. The summed E-state index contributed by atoms with van der Waals surface area (Å²) >= 11 is 1.47. The quantitative estimate of drug-likeness (QED) is 0.671. The van der Waals surface area contributed by atoms with Gasteiger partial charge in [-0.05, 0) is 36.6 Å².